The largest absolute Gasteiger partial charge is 0.496 e. The van der Waals surface area contributed by atoms with Crippen LogP contribution >= 0.6 is 0 Å². The molecule has 6 heteroatoms. The van der Waals surface area contributed by atoms with Crippen LogP contribution in [0.15, 0.2) is 24.2 Å². The zero-order valence-electron chi connectivity index (χ0n) is 19.1. The van der Waals surface area contributed by atoms with Gasteiger partial charge in [-0.15, -0.1) is 0 Å². The van der Waals surface area contributed by atoms with Gasteiger partial charge in [0, 0.05) is 32.0 Å². The first-order valence-electron chi connectivity index (χ1n) is 10.5. The molecule has 1 rings (SSSR count). The molecule has 28 heavy (non-hydrogen) atoms. The second-order valence-electron chi connectivity index (χ2n) is 6.95. The van der Waals surface area contributed by atoms with E-state index < -0.39 is 0 Å². The Kier molecular flexibility index (Phi) is 15.3. The number of nitrogens with zero attached hydrogens (tertiary/aromatic N) is 3. The van der Waals surface area contributed by atoms with E-state index in [0.717, 1.165) is 56.0 Å². The van der Waals surface area contributed by atoms with Gasteiger partial charge in [0.2, 0.25) is 0 Å². The molecule has 0 saturated heterocycles. The van der Waals surface area contributed by atoms with Gasteiger partial charge < -0.3 is 20.1 Å². The Balaban J connectivity index is 0.000000684. The van der Waals surface area contributed by atoms with Crippen molar-refractivity contribution in [1.29, 1.82) is 0 Å². The molecule has 162 valence electrons. The zero-order valence-corrected chi connectivity index (χ0v) is 19.1. The van der Waals surface area contributed by atoms with Gasteiger partial charge in [0.1, 0.15) is 12.1 Å². The van der Waals surface area contributed by atoms with Crippen molar-refractivity contribution in [3.8, 4) is 0 Å². The molecule has 0 aliphatic heterocycles. The van der Waals surface area contributed by atoms with Crippen molar-refractivity contribution in [3.63, 3.8) is 0 Å². The van der Waals surface area contributed by atoms with Gasteiger partial charge >= 0.3 is 0 Å². The number of likely N-dealkylation sites (N-methyl/N-ethyl adjacent to an activating group) is 1. The molecule has 1 atom stereocenters. The summed E-state index contributed by atoms with van der Waals surface area (Å²) >= 11 is 0. The fraction of sp³-hybridized carbons (Fsp3) is 0.727. The van der Waals surface area contributed by atoms with Gasteiger partial charge in [0.25, 0.3) is 0 Å². The minimum atomic E-state index is 0.238. The van der Waals surface area contributed by atoms with E-state index in [4.69, 9.17) is 15.2 Å². The van der Waals surface area contributed by atoms with Crippen LogP contribution in [0.25, 0.3) is 0 Å². The maximum Gasteiger partial charge on any atom is 0.132 e. The highest BCUT2D eigenvalue weighted by Gasteiger charge is 2.13. The highest BCUT2D eigenvalue weighted by atomic mass is 16.5. The van der Waals surface area contributed by atoms with Gasteiger partial charge in [0.15, 0.2) is 0 Å². The number of hydrogen-bond donors (Lipinski definition) is 1. The minimum Gasteiger partial charge on any atom is -0.496 e. The average molecular weight is 395 g/mol. The molecule has 1 aromatic heterocycles. The monoisotopic (exact) mass is 394 g/mol. The molecule has 0 aliphatic carbocycles. The molecule has 1 aromatic rings. The normalized spacial score (nSPS) is 12.4. The second-order valence-corrected chi connectivity index (χ2v) is 6.95. The number of ether oxygens (including phenoxy) is 2. The molecule has 0 spiro atoms. The average Bonchev–Trinajstić information content (AvgIpc) is 2.68. The van der Waals surface area contributed by atoms with E-state index in [1.165, 1.54) is 0 Å². The number of aromatic nitrogens is 2. The number of anilines is 1. The van der Waals surface area contributed by atoms with E-state index in [1.807, 2.05) is 20.8 Å². The predicted octanol–water partition coefficient (Wildman–Crippen LogP) is 4.34. The molecule has 0 radical (unpaired) electrons. The Hall–Kier alpha value is -1.66. The Labute approximate surface area is 172 Å². The summed E-state index contributed by atoms with van der Waals surface area (Å²) in [5.41, 5.74) is 6.59. The number of allylic oxidation sites excluding steroid dienone is 2. The quantitative estimate of drug-likeness (QED) is 0.532. The SMILES string of the molecule is CC/C=C(\C)OC(C)C.CCC(CN(CC)c1cc(CCCN)ncn1)OC. The Morgan fingerprint density at radius 2 is 1.96 bits per heavy atom. The van der Waals surface area contributed by atoms with Crippen LogP contribution < -0.4 is 10.6 Å². The number of hydrogen-bond acceptors (Lipinski definition) is 6. The lowest BCUT2D eigenvalue weighted by atomic mass is 10.2. The summed E-state index contributed by atoms with van der Waals surface area (Å²) in [5, 5.41) is 0. The first kappa shape index (κ1) is 26.3. The number of rotatable bonds is 12. The molecule has 0 aromatic carbocycles. The van der Waals surface area contributed by atoms with Gasteiger partial charge in [0.05, 0.1) is 18.0 Å². The van der Waals surface area contributed by atoms with Crippen LogP contribution in [0.4, 0.5) is 5.82 Å². The fourth-order valence-corrected chi connectivity index (χ4v) is 2.69. The molecule has 0 amide bonds. The van der Waals surface area contributed by atoms with Gasteiger partial charge in [-0.2, -0.15) is 0 Å². The second kappa shape index (κ2) is 16.3. The third-order valence-electron chi connectivity index (χ3n) is 4.18. The zero-order chi connectivity index (χ0) is 21.4. The van der Waals surface area contributed by atoms with Crippen molar-refractivity contribution < 1.29 is 9.47 Å². The summed E-state index contributed by atoms with van der Waals surface area (Å²) in [4.78, 5) is 10.9. The Morgan fingerprint density at radius 3 is 2.46 bits per heavy atom. The minimum absolute atomic E-state index is 0.238. The molecule has 1 heterocycles. The molecule has 0 saturated carbocycles. The summed E-state index contributed by atoms with van der Waals surface area (Å²) in [6, 6.07) is 2.06. The topological polar surface area (TPSA) is 73.5 Å². The standard InChI is InChI=1S/C14H26N4O.C8H16O/c1-4-13(19-3)10-18(5-2)14-9-12(7-6-8-15)16-11-17-14;1-5-6-8(4)9-7(2)3/h9,11,13H,4-8,10,15H2,1-3H3;6-7H,5H2,1-4H3/b;8-6+. The van der Waals surface area contributed by atoms with Gasteiger partial charge in [-0.1, -0.05) is 13.8 Å². The van der Waals surface area contributed by atoms with E-state index in [1.54, 1.807) is 13.4 Å². The van der Waals surface area contributed by atoms with E-state index in [0.29, 0.717) is 12.6 Å². The molecule has 2 N–H and O–H groups in total. The third kappa shape index (κ3) is 11.9. The summed E-state index contributed by atoms with van der Waals surface area (Å²) in [6.07, 6.45) is 8.19. The van der Waals surface area contributed by atoms with Crippen LogP contribution in [0.2, 0.25) is 0 Å². The molecule has 1 unspecified atom stereocenters. The highest BCUT2D eigenvalue weighted by Crippen LogP contribution is 2.14. The van der Waals surface area contributed by atoms with Gasteiger partial charge in [-0.25, -0.2) is 9.97 Å². The van der Waals surface area contributed by atoms with Crippen LogP contribution in [0, 0.1) is 0 Å². The van der Waals surface area contributed by atoms with Crippen molar-refractivity contribution in [3.05, 3.63) is 29.9 Å². The van der Waals surface area contributed by atoms with E-state index in [-0.39, 0.29) is 6.10 Å². The number of nitrogens with two attached hydrogens (primary N) is 1. The Bertz CT molecular complexity index is 531. The molecule has 6 nitrogen and oxygen atoms in total. The predicted molar refractivity (Wildman–Crippen MR) is 119 cm³/mol. The van der Waals surface area contributed by atoms with Crippen molar-refractivity contribution in [2.24, 2.45) is 5.73 Å². The summed E-state index contributed by atoms with van der Waals surface area (Å²) in [6.45, 7) is 14.9. The smallest absolute Gasteiger partial charge is 0.132 e. The maximum atomic E-state index is 5.53. The number of aryl methyl sites for hydroxylation is 1. The lowest BCUT2D eigenvalue weighted by Gasteiger charge is -2.26. The van der Waals surface area contributed by atoms with Crippen LogP contribution in [-0.2, 0) is 15.9 Å². The maximum absolute atomic E-state index is 5.53. The van der Waals surface area contributed by atoms with E-state index in [2.05, 4.69) is 47.8 Å². The van der Waals surface area contributed by atoms with Crippen LogP contribution in [-0.4, -0.2) is 48.9 Å². The lowest BCUT2D eigenvalue weighted by molar-refractivity contribution is 0.104. The van der Waals surface area contributed by atoms with Gasteiger partial charge in [-0.3, -0.25) is 0 Å². The molecular formula is C22H42N4O2. The third-order valence-corrected chi connectivity index (χ3v) is 4.18. The summed E-state index contributed by atoms with van der Waals surface area (Å²) < 4.78 is 10.8. The van der Waals surface area contributed by atoms with Crippen LogP contribution in [0.3, 0.4) is 0 Å². The highest BCUT2D eigenvalue weighted by molar-refractivity contribution is 5.38. The van der Waals surface area contributed by atoms with Crippen molar-refractivity contribution in [1.82, 2.24) is 9.97 Å². The fourth-order valence-electron chi connectivity index (χ4n) is 2.69. The van der Waals surface area contributed by atoms with Gasteiger partial charge in [-0.05, 0) is 66.0 Å². The van der Waals surface area contributed by atoms with E-state index >= 15 is 0 Å². The summed E-state index contributed by atoms with van der Waals surface area (Å²) in [5.74, 6) is 2.01. The first-order valence-corrected chi connectivity index (χ1v) is 10.5. The van der Waals surface area contributed by atoms with E-state index in [9.17, 15) is 0 Å². The molecule has 0 aliphatic rings. The molecule has 0 bridgehead atoms. The first-order chi connectivity index (χ1) is 13.4. The molecule has 0 fully saturated rings. The lowest BCUT2D eigenvalue weighted by Crippen LogP contribution is -2.33. The summed E-state index contributed by atoms with van der Waals surface area (Å²) in [7, 11) is 1.76. The van der Waals surface area contributed by atoms with Crippen LogP contribution in [0.5, 0.6) is 0 Å². The van der Waals surface area contributed by atoms with Crippen LogP contribution in [0.1, 0.15) is 66.5 Å². The Morgan fingerprint density at radius 1 is 1.25 bits per heavy atom. The number of methoxy groups -OCH3 is 1. The van der Waals surface area contributed by atoms with Crippen molar-refractivity contribution in [2.75, 3.05) is 31.6 Å². The molecular weight excluding hydrogens is 352 g/mol. The van der Waals surface area contributed by atoms with Crippen molar-refractivity contribution in [2.45, 2.75) is 79.4 Å². The van der Waals surface area contributed by atoms with Crippen molar-refractivity contribution >= 4 is 5.82 Å².